The molecule has 1 aromatic rings. The molecule has 18 heavy (non-hydrogen) atoms. The molecular formula is C14H25N3S. The lowest BCUT2D eigenvalue weighted by Crippen LogP contribution is -2.24. The van der Waals surface area contributed by atoms with Crippen LogP contribution in [0.3, 0.4) is 0 Å². The largest absolute Gasteiger partial charge is 0.319 e. The Labute approximate surface area is 115 Å². The van der Waals surface area contributed by atoms with Crippen LogP contribution < -0.4 is 5.32 Å². The number of nitrogens with zero attached hydrogens (tertiary/aromatic N) is 2. The summed E-state index contributed by atoms with van der Waals surface area (Å²) in [6, 6.07) is 0. The van der Waals surface area contributed by atoms with Gasteiger partial charge in [-0.1, -0.05) is 20.8 Å². The summed E-state index contributed by atoms with van der Waals surface area (Å²) in [6.07, 6.45) is 1.32. The Morgan fingerprint density at radius 1 is 1.50 bits per heavy atom. The van der Waals surface area contributed by atoms with Crippen molar-refractivity contribution in [2.75, 3.05) is 26.7 Å². The fourth-order valence-electron chi connectivity index (χ4n) is 2.46. The van der Waals surface area contributed by atoms with Crippen LogP contribution in [0.2, 0.25) is 0 Å². The molecule has 0 spiro atoms. The van der Waals surface area contributed by atoms with Crippen molar-refractivity contribution >= 4 is 11.3 Å². The zero-order valence-electron chi connectivity index (χ0n) is 12.0. The molecule has 2 rings (SSSR count). The van der Waals surface area contributed by atoms with Gasteiger partial charge in [0, 0.05) is 23.9 Å². The van der Waals surface area contributed by atoms with Gasteiger partial charge in [-0.2, -0.15) is 0 Å². The predicted octanol–water partition coefficient (Wildman–Crippen LogP) is 2.48. The number of aromatic nitrogens is 1. The fourth-order valence-corrected chi connectivity index (χ4v) is 3.36. The van der Waals surface area contributed by atoms with Gasteiger partial charge < -0.3 is 5.32 Å². The third-order valence-corrected chi connectivity index (χ3v) is 4.76. The molecule has 0 saturated carbocycles. The molecule has 0 radical (unpaired) electrons. The van der Waals surface area contributed by atoms with Crippen molar-refractivity contribution < 1.29 is 0 Å². The van der Waals surface area contributed by atoms with Gasteiger partial charge in [0.25, 0.3) is 0 Å². The minimum Gasteiger partial charge on any atom is -0.319 e. The molecule has 3 nitrogen and oxygen atoms in total. The van der Waals surface area contributed by atoms with Crippen molar-refractivity contribution in [1.82, 2.24) is 15.2 Å². The Morgan fingerprint density at radius 2 is 2.28 bits per heavy atom. The van der Waals surface area contributed by atoms with Gasteiger partial charge in [0.15, 0.2) is 0 Å². The zero-order chi connectivity index (χ0) is 13.2. The van der Waals surface area contributed by atoms with Crippen molar-refractivity contribution in [3.05, 3.63) is 16.1 Å². The number of hydrogen-bond acceptors (Lipinski definition) is 4. The highest BCUT2D eigenvalue weighted by Crippen LogP contribution is 2.26. The maximum absolute atomic E-state index is 4.78. The average molecular weight is 267 g/mol. The molecule has 1 aromatic heterocycles. The first-order valence-electron chi connectivity index (χ1n) is 6.81. The molecule has 0 aromatic carbocycles. The van der Waals surface area contributed by atoms with Crippen molar-refractivity contribution in [1.29, 1.82) is 0 Å². The van der Waals surface area contributed by atoms with Crippen molar-refractivity contribution in [2.24, 2.45) is 5.92 Å². The summed E-state index contributed by atoms with van der Waals surface area (Å²) in [5.41, 5.74) is 1.43. The molecule has 0 aliphatic carbocycles. The number of thiazole rings is 1. The van der Waals surface area contributed by atoms with Crippen LogP contribution in [0.25, 0.3) is 0 Å². The Bertz CT molecular complexity index is 381. The number of nitrogens with one attached hydrogen (secondary N) is 1. The zero-order valence-corrected chi connectivity index (χ0v) is 12.8. The van der Waals surface area contributed by atoms with Gasteiger partial charge in [0.05, 0.1) is 10.7 Å². The third-order valence-electron chi connectivity index (χ3n) is 3.44. The Morgan fingerprint density at radius 3 is 2.89 bits per heavy atom. The molecule has 1 aliphatic heterocycles. The minimum absolute atomic E-state index is 0.183. The van der Waals surface area contributed by atoms with Crippen LogP contribution in [0.1, 0.15) is 37.9 Å². The van der Waals surface area contributed by atoms with E-state index in [-0.39, 0.29) is 5.41 Å². The molecule has 1 aliphatic rings. The molecule has 0 amide bonds. The van der Waals surface area contributed by atoms with Crippen molar-refractivity contribution in [3.8, 4) is 0 Å². The highest BCUT2D eigenvalue weighted by atomic mass is 32.1. The maximum atomic E-state index is 4.78. The van der Waals surface area contributed by atoms with E-state index in [1.807, 2.05) is 7.05 Å². The van der Waals surface area contributed by atoms with Crippen LogP contribution >= 0.6 is 11.3 Å². The summed E-state index contributed by atoms with van der Waals surface area (Å²) < 4.78 is 0. The monoisotopic (exact) mass is 267 g/mol. The van der Waals surface area contributed by atoms with Crippen LogP contribution in [0.4, 0.5) is 0 Å². The second-order valence-electron chi connectivity index (χ2n) is 6.34. The normalized spacial score (nSPS) is 21.7. The first-order chi connectivity index (χ1) is 8.49. The summed E-state index contributed by atoms with van der Waals surface area (Å²) in [5.74, 6) is 0.815. The minimum atomic E-state index is 0.183. The van der Waals surface area contributed by atoms with Gasteiger partial charge in [-0.3, -0.25) is 4.90 Å². The van der Waals surface area contributed by atoms with E-state index in [0.717, 1.165) is 19.0 Å². The van der Waals surface area contributed by atoms with Crippen LogP contribution in [-0.2, 0) is 12.0 Å². The van der Waals surface area contributed by atoms with Crippen LogP contribution in [-0.4, -0.2) is 36.6 Å². The SMILES string of the molecule is CNCC1CCN(Cc2csc(C(C)(C)C)n2)C1. The molecule has 1 fully saturated rings. The van der Waals surface area contributed by atoms with Gasteiger partial charge in [0.2, 0.25) is 0 Å². The van der Waals surface area contributed by atoms with Crippen molar-refractivity contribution in [2.45, 2.75) is 39.2 Å². The molecule has 1 unspecified atom stereocenters. The molecule has 1 saturated heterocycles. The van der Waals surface area contributed by atoms with Gasteiger partial charge in [0.1, 0.15) is 0 Å². The number of rotatable bonds is 4. The number of likely N-dealkylation sites (tertiary alicyclic amines) is 1. The summed E-state index contributed by atoms with van der Waals surface area (Å²) in [6.45, 7) is 11.3. The van der Waals surface area contributed by atoms with E-state index in [1.54, 1.807) is 11.3 Å². The highest BCUT2D eigenvalue weighted by molar-refractivity contribution is 7.09. The first-order valence-corrected chi connectivity index (χ1v) is 7.69. The van der Waals surface area contributed by atoms with Crippen LogP contribution in [0, 0.1) is 5.92 Å². The van der Waals surface area contributed by atoms with Crippen LogP contribution in [0.5, 0.6) is 0 Å². The van der Waals surface area contributed by atoms with Gasteiger partial charge in [-0.05, 0) is 32.5 Å². The highest BCUT2D eigenvalue weighted by Gasteiger charge is 2.23. The molecular weight excluding hydrogens is 242 g/mol. The van der Waals surface area contributed by atoms with Gasteiger partial charge in [-0.25, -0.2) is 4.98 Å². The maximum Gasteiger partial charge on any atom is 0.0982 e. The smallest absolute Gasteiger partial charge is 0.0982 e. The van der Waals surface area contributed by atoms with E-state index in [1.165, 1.54) is 30.2 Å². The van der Waals surface area contributed by atoms with E-state index < -0.39 is 0 Å². The number of hydrogen-bond donors (Lipinski definition) is 1. The standard InChI is InChI=1S/C14H25N3S/c1-14(2,3)13-16-12(10-18-13)9-17-6-5-11(8-17)7-15-4/h10-11,15H,5-9H2,1-4H3. The lowest BCUT2D eigenvalue weighted by Gasteiger charge is -2.15. The van der Waals surface area contributed by atoms with E-state index in [2.05, 4.69) is 36.4 Å². The third kappa shape index (κ3) is 3.53. The molecule has 0 bridgehead atoms. The Kier molecular flexibility index (Phi) is 4.41. The second-order valence-corrected chi connectivity index (χ2v) is 7.20. The quantitative estimate of drug-likeness (QED) is 0.908. The molecule has 2 heterocycles. The lowest BCUT2D eigenvalue weighted by molar-refractivity contribution is 0.312. The average Bonchev–Trinajstić information content (AvgIpc) is 2.88. The van der Waals surface area contributed by atoms with Crippen LogP contribution in [0.15, 0.2) is 5.38 Å². The Hall–Kier alpha value is -0.450. The molecule has 102 valence electrons. The molecule has 1 N–H and O–H groups in total. The van der Waals surface area contributed by atoms with E-state index in [0.29, 0.717) is 0 Å². The summed E-state index contributed by atoms with van der Waals surface area (Å²) >= 11 is 1.80. The van der Waals surface area contributed by atoms with Gasteiger partial charge in [-0.15, -0.1) is 11.3 Å². The summed E-state index contributed by atoms with van der Waals surface area (Å²) in [4.78, 5) is 7.31. The predicted molar refractivity (Wildman–Crippen MR) is 78.1 cm³/mol. The topological polar surface area (TPSA) is 28.2 Å². The van der Waals surface area contributed by atoms with Crippen molar-refractivity contribution in [3.63, 3.8) is 0 Å². The fraction of sp³-hybridized carbons (Fsp3) is 0.786. The lowest BCUT2D eigenvalue weighted by atomic mass is 9.98. The molecule has 4 heteroatoms. The summed E-state index contributed by atoms with van der Waals surface area (Å²) in [5, 5.41) is 6.76. The Balaban J connectivity index is 1.89. The van der Waals surface area contributed by atoms with Gasteiger partial charge >= 0.3 is 0 Å². The first kappa shape index (κ1) is 14.0. The van der Waals surface area contributed by atoms with E-state index in [4.69, 9.17) is 4.98 Å². The van der Waals surface area contributed by atoms with E-state index >= 15 is 0 Å². The van der Waals surface area contributed by atoms with E-state index in [9.17, 15) is 0 Å². The second kappa shape index (κ2) is 5.68. The molecule has 1 atom stereocenters. The summed E-state index contributed by atoms with van der Waals surface area (Å²) in [7, 11) is 2.04.